The molecule has 2 aliphatic rings. The van der Waals surface area contributed by atoms with Gasteiger partial charge in [0.25, 0.3) is 0 Å². The van der Waals surface area contributed by atoms with Gasteiger partial charge < -0.3 is 14.6 Å². The number of aryl methyl sites for hydroxylation is 1. The average Bonchev–Trinajstić information content (AvgIpc) is 3.02. The van der Waals surface area contributed by atoms with Crippen LogP contribution in [0.4, 0.5) is 0 Å². The van der Waals surface area contributed by atoms with Crippen LogP contribution in [0.25, 0.3) is 11.0 Å². The van der Waals surface area contributed by atoms with Crippen molar-refractivity contribution in [3.63, 3.8) is 0 Å². The van der Waals surface area contributed by atoms with Crippen molar-refractivity contribution in [3.05, 3.63) is 30.1 Å². The molecule has 5 heteroatoms. The molecule has 2 fully saturated rings. The molecule has 1 aliphatic carbocycles. The first kappa shape index (κ1) is 14.7. The number of hydrogen-bond acceptors (Lipinski definition) is 3. The number of amides is 1. The van der Waals surface area contributed by atoms with Gasteiger partial charge in [0.15, 0.2) is 0 Å². The Kier molecular flexibility index (Phi) is 4.04. The summed E-state index contributed by atoms with van der Waals surface area (Å²) in [7, 11) is 0. The predicted molar refractivity (Wildman–Crippen MR) is 88.1 cm³/mol. The Morgan fingerprint density at radius 1 is 1.30 bits per heavy atom. The molecular weight excluding hydrogens is 290 g/mol. The van der Waals surface area contributed by atoms with Gasteiger partial charge in [0.1, 0.15) is 5.82 Å². The fourth-order valence-corrected chi connectivity index (χ4v) is 3.90. The van der Waals surface area contributed by atoms with Crippen molar-refractivity contribution < 1.29 is 9.53 Å². The molecule has 1 amide bonds. The van der Waals surface area contributed by atoms with Gasteiger partial charge in [-0.15, -0.1) is 0 Å². The summed E-state index contributed by atoms with van der Waals surface area (Å²) in [6, 6.07) is 8.27. The fourth-order valence-electron chi connectivity index (χ4n) is 3.90. The number of hydrogen-bond donors (Lipinski definition) is 1. The van der Waals surface area contributed by atoms with E-state index in [1.165, 1.54) is 12.8 Å². The van der Waals surface area contributed by atoms with Crippen LogP contribution in [0, 0.1) is 0 Å². The lowest BCUT2D eigenvalue weighted by Gasteiger charge is -2.43. The van der Waals surface area contributed by atoms with Gasteiger partial charge in [0, 0.05) is 19.4 Å². The summed E-state index contributed by atoms with van der Waals surface area (Å²) >= 11 is 0. The van der Waals surface area contributed by atoms with Crippen LogP contribution in [0.5, 0.6) is 0 Å². The van der Waals surface area contributed by atoms with Gasteiger partial charge in [0.2, 0.25) is 5.91 Å². The van der Waals surface area contributed by atoms with Crippen LogP contribution in [0.1, 0.15) is 37.9 Å². The van der Waals surface area contributed by atoms with Crippen molar-refractivity contribution in [2.45, 2.75) is 50.7 Å². The third-order valence-corrected chi connectivity index (χ3v) is 5.07. The molecule has 0 radical (unpaired) electrons. The average molecular weight is 313 g/mol. The van der Waals surface area contributed by atoms with Crippen LogP contribution in [-0.2, 0) is 16.0 Å². The molecule has 23 heavy (non-hydrogen) atoms. The Labute approximate surface area is 136 Å². The second-order valence-corrected chi connectivity index (χ2v) is 6.55. The molecule has 122 valence electrons. The van der Waals surface area contributed by atoms with E-state index in [4.69, 9.17) is 4.74 Å². The minimum Gasteiger partial charge on any atom is -0.374 e. The lowest BCUT2D eigenvalue weighted by Crippen LogP contribution is -2.54. The Balaban J connectivity index is 1.40. The van der Waals surface area contributed by atoms with E-state index in [2.05, 4.69) is 14.9 Å². The molecule has 2 atom stereocenters. The van der Waals surface area contributed by atoms with Crippen LogP contribution < -0.4 is 0 Å². The quantitative estimate of drug-likeness (QED) is 0.948. The van der Waals surface area contributed by atoms with Gasteiger partial charge in [-0.25, -0.2) is 4.98 Å². The first-order valence-electron chi connectivity index (χ1n) is 8.66. The summed E-state index contributed by atoms with van der Waals surface area (Å²) < 4.78 is 5.85. The van der Waals surface area contributed by atoms with Crippen molar-refractivity contribution in [1.29, 1.82) is 0 Å². The first-order valence-corrected chi connectivity index (χ1v) is 8.66. The molecule has 2 heterocycles. The van der Waals surface area contributed by atoms with E-state index in [-0.39, 0.29) is 12.0 Å². The summed E-state index contributed by atoms with van der Waals surface area (Å²) in [5.41, 5.74) is 2.00. The predicted octanol–water partition coefficient (Wildman–Crippen LogP) is 2.67. The smallest absolute Gasteiger partial charge is 0.223 e. The van der Waals surface area contributed by atoms with Crippen LogP contribution in [0.3, 0.4) is 0 Å². The molecule has 0 unspecified atom stereocenters. The van der Waals surface area contributed by atoms with Crippen molar-refractivity contribution >= 4 is 16.9 Å². The number of ether oxygens (including phenoxy) is 1. The maximum Gasteiger partial charge on any atom is 0.223 e. The molecule has 4 rings (SSSR count). The number of morpholine rings is 1. The Morgan fingerprint density at radius 3 is 3.09 bits per heavy atom. The third-order valence-electron chi connectivity index (χ3n) is 5.07. The van der Waals surface area contributed by atoms with E-state index in [0.29, 0.717) is 25.5 Å². The summed E-state index contributed by atoms with van der Waals surface area (Å²) in [5, 5.41) is 0. The number of aromatic amines is 1. The zero-order valence-corrected chi connectivity index (χ0v) is 13.3. The highest BCUT2D eigenvalue weighted by atomic mass is 16.5. The van der Waals surface area contributed by atoms with Crippen molar-refractivity contribution in [1.82, 2.24) is 14.9 Å². The number of H-pyrrole nitrogens is 1. The van der Waals surface area contributed by atoms with E-state index >= 15 is 0 Å². The SMILES string of the molecule is O=C(CCc1nc2ccccc2[nH]1)N1CCO[C@@H]2CCCC[C@@H]21. The number of para-hydroxylation sites is 2. The number of fused-ring (bicyclic) bond motifs is 2. The third kappa shape index (κ3) is 2.98. The normalized spacial score (nSPS) is 24.6. The number of rotatable bonds is 3. The molecule has 1 saturated carbocycles. The minimum atomic E-state index is 0.241. The topological polar surface area (TPSA) is 58.2 Å². The molecule has 2 aromatic rings. The maximum atomic E-state index is 12.7. The van der Waals surface area contributed by atoms with Gasteiger partial charge in [-0.1, -0.05) is 25.0 Å². The van der Waals surface area contributed by atoms with Crippen molar-refractivity contribution in [2.75, 3.05) is 13.2 Å². The van der Waals surface area contributed by atoms with Crippen LogP contribution in [-0.4, -0.2) is 46.1 Å². The number of carbonyl (C=O) groups excluding carboxylic acids is 1. The van der Waals surface area contributed by atoms with E-state index in [1.54, 1.807) is 0 Å². The number of carbonyl (C=O) groups is 1. The van der Waals surface area contributed by atoms with Crippen LogP contribution in [0.15, 0.2) is 24.3 Å². The lowest BCUT2D eigenvalue weighted by atomic mass is 9.90. The van der Waals surface area contributed by atoms with Gasteiger partial charge in [-0.3, -0.25) is 4.79 Å². The van der Waals surface area contributed by atoms with E-state index in [9.17, 15) is 4.79 Å². The van der Waals surface area contributed by atoms with Crippen LogP contribution in [0.2, 0.25) is 0 Å². The second-order valence-electron chi connectivity index (χ2n) is 6.55. The lowest BCUT2D eigenvalue weighted by molar-refractivity contribution is -0.149. The van der Waals surface area contributed by atoms with Gasteiger partial charge >= 0.3 is 0 Å². The number of benzene rings is 1. The first-order chi connectivity index (χ1) is 11.3. The van der Waals surface area contributed by atoms with E-state index in [1.807, 2.05) is 24.3 Å². The molecule has 1 saturated heterocycles. The highest BCUT2D eigenvalue weighted by molar-refractivity contribution is 5.78. The van der Waals surface area contributed by atoms with Gasteiger partial charge in [-0.05, 0) is 25.0 Å². The summed E-state index contributed by atoms with van der Waals surface area (Å²) in [6.45, 7) is 1.41. The number of nitrogens with one attached hydrogen (secondary N) is 1. The summed E-state index contributed by atoms with van der Waals surface area (Å²) in [6.07, 6.45) is 6.05. The zero-order valence-electron chi connectivity index (χ0n) is 13.3. The Morgan fingerprint density at radius 2 is 2.17 bits per heavy atom. The van der Waals surface area contributed by atoms with E-state index < -0.39 is 0 Å². The molecule has 1 aliphatic heterocycles. The molecule has 1 aromatic carbocycles. The monoisotopic (exact) mass is 313 g/mol. The fraction of sp³-hybridized carbons (Fsp3) is 0.556. The highest BCUT2D eigenvalue weighted by Crippen LogP contribution is 2.29. The van der Waals surface area contributed by atoms with E-state index in [0.717, 1.165) is 36.2 Å². The highest BCUT2D eigenvalue weighted by Gasteiger charge is 2.36. The minimum absolute atomic E-state index is 0.241. The molecule has 5 nitrogen and oxygen atoms in total. The van der Waals surface area contributed by atoms with Gasteiger partial charge in [-0.2, -0.15) is 0 Å². The molecule has 1 aromatic heterocycles. The molecule has 0 bridgehead atoms. The standard InChI is InChI=1S/C18H23N3O2/c22-18(21-11-12-23-16-8-4-3-7-15(16)21)10-9-17-19-13-5-1-2-6-14(13)20-17/h1-2,5-6,15-16H,3-4,7-12H2,(H,19,20)/t15-,16+/m0/s1. The maximum absolute atomic E-state index is 12.7. The Bertz CT molecular complexity index is 661. The summed E-state index contributed by atoms with van der Waals surface area (Å²) in [5.74, 6) is 1.14. The number of aromatic nitrogens is 2. The van der Waals surface area contributed by atoms with Gasteiger partial charge in [0.05, 0.1) is 29.8 Å². The van der Waals surface area contributed by atoms with Crippen LogP contribution >= 0.6 is 0 Å². The number of nitrogens with zero attached hydrogens (tertiary/aromatic N) is 2. The molecular formula is C18H23N3O2. The van der Waals surface area contributed by atoms with Crippen molar-refractivity contribution in [2.24, 2.45) is 0 Å². The zero-order chi connectivity index (χ0) is 15.6. The largest absolute Gasteiger partial charge is 0.374 e. The second kappa shape index (κ2) is 6.32. The Hall–Kier alpha value is -1.88. The molecule has 1 N–H and O–H groups in total. The summed E-state index contributed by atoms with van der Waals surface area (Å²) in [4.78, 5) is 22.6. The van der Waals surface area contributed by atoms with Crippen molar-refractivity contribution in [3.8, 4) is 0 Å². The molecule has 0 spiro atoms. The number of imidazole rings is 1.